The molecule has 0 saturated heterocycles. The fourth-order valence-corrected chi connectivity index (χ4v) is 0.896. The lowest BCUT2D eigenvalue weighted by Crippen LogP contribution is -2.26. The monoisotopic (exact) mass is 171 g/mol. The van der Waals surface area contributed by atoms with Crippen LogP contribution in [-0.2, 0) is 9.63 Å². The van der Waals surface area contributed by atoms with Crippen molar-refractivity contribution >= 4 is 5.91 Å². The molecule has 0 aromatic carbocycles. The fraction of sp³-hybridized carbons (Fsp3) is 0.667. The summed E-state index contributed by atoms with van der Waals surface area (Å²) < 4.78 is 0. The van der Waals surface area contributed by atoms with E-state index in [-0.39, 0.29) is 5.91 Å². The molecule has 0 saturated carbocycles. The van der Waals surface area contributed by atoms with E-state index in [1.165, 1.54) is 12.2 Å². The number of rotatable bonds is 5. The minimum atomic E-state index is 0.00634. The lowest BCUT2D eigenvalue weighted by molar-refractivity contribution is -0.169. The third-order valence-corrected chi connectivity index (χ3v) is 1.72. The Morgan fingerprint density at radius 2 is 2.33 bits per heavy atom. The van der Waals surface area contributed by atoms with E-state index in [0.717, 1.165) is 6.42 Å². The normalized spacial score (nSPS) is 12.2. The summed E-state index contributed by atoms with van der Waals surface area (Å²) in [5.74, 6) is 0.347. The zero-order valence-electron chi connectivity index (χ0n) is 8.04. The molecular formula is C9H17NO2. The lowest BCUT2D eigenvalue weighted by Gasteiger charge is -2.15. The summed E-state index contributed by atoms with van der Waals surface area (Å²) in [7, 11) is 3.10. The number of allylic oxidation sites excluding steroid dienone is 1. The highest BCUT2D eigenvalue weighted by Gasteiger charge is 2.11. The first-order valence-electron chi connectivity index (χ1n) is 4.03. The SMILES string of the molecule is C=CC[C@H](C)CC(=O)N(C)OC. The Morgan fingerprint density at radius 1 is 1.75 bits per heavy atom. The summed E-state index contributed by atoms with van der Waals surface area (Å²) in [6.45, 7) is 5.63. The first-order valence-corrected chi connectivity index (χ1v) is 4.03. The Hall–Kier alpha value is -0.830. The van der Waals surface area contributed by atoms with Crippen molar-refractivity contribution in [2.75, 3.05) is 14.2 Å². The van der Waals surface area contributed by atoms with Gasteiger partial charge in [-0.3, -0.25) is 9.63 Å². The molecule has 3 nitrogen and oxygen atoms in total. The van der Waals surface area contributed by atoms with E-state index in [2.05, 4.69) is 6.58 Å². The van der Waals surface area contributed by atoms with Gasteiger partial charge >= 0.3 is 0 Å². The van der Waals surface area contributed by atoms with Gasteiger partial charge in [0, 0.05) is 13.5 Å². The molecule has 0 fully saturated rings. The van der Waals surface area contributed by atoms with Gasteiger partial charge in [0.2, 0.25) is 5.91 Å². The highest BCUT2D eigenvalue weighted by molar-refractivity contribution is 5.74. The van der Waals surface area contributed by atoms with Crippen molar-refractivity contribution < 1.29 is 9.63 Å². The predicted molar refractivity (Wildman–Crippen MR) is 48.4 cm³/mol. The smallest absolute Gasteiger partial charge is 0.246 e. The van der Waals surface area contributed by atoms with Crippen molar-refractivity contribution in [1.29, 1.82) is 0 Å². The van der Waals surface area contributed by atoms with Crippen molar-refractivity contribution in [2.24, 2.45) is 5.92 Å². The second-order valence-electron chi connectivity index (χ2n) is 2.91. The van der Waals surface area contributed by atoms with Crippen LogP contribution in [0.15, 0.2) is 12.7 Å². The maximum absolute atomic E-state index is 11.2. The molecule has 0 heterocycles. The first-order chi connectivity index (χ1) is 5.61. The number of hydroxylamine groups is 2. The third kappa shape index (κ3) is 4.13. The maximum atomic E-state index is 11.2. The van der Waals surface area contributed by atoms with Crippen LogP contribution in [0.25, 0.3) is 0 Å². The Morgan fingerprint density at radius 3 is 2.75 bits per heavy atom. The van der Waals surface area contributed by atoms with Crippen LogP contribution in [0.1, 0.15) is 19.8 Å². The number of carbonyl (C=O) groups is 1. The number of hydrogen-bond acceptors (Lipinski definition) is 2. The summed E-state index contributed by atoms with van der Waals surface area (Å²) in [6, 6.07) is 0. The van der Waals surface area contributed by atoms with E-state index in [1.807, 2.05) is 13.0 Å². The van der Waals surface area contributed by atoms with Crippen LogP contribution in [0.3, 0.4) is 0 Å². The maximum Gasteiger partial charge on any atom is 0.246 e. The Bertz CT molecular complexity index is 157. The van der Waals surface area contributed by atoms with Crippen LogP contribution >= 0.6 is 0 Å². The van der Waals surface area contributed by atoms with Gasteiger partial charge in [0.15, 0.2) is 0 Å². The summed E-state index contributed by atoms with van der Waals surface area (Å²) in [6.07, 6.45) is 3.20. The van der Waals surface area contributed by atoms with Crippen LogP contribution in [0, 0.1) is 5.92 Å². The molecule has 12 heavy (non-hydrogen) atoms. The molecule has 0 N–H and O–H groups in total. The molecule has 1 atom stereocenters. The van der Waals surface area contributed by atoms with Gasteiger partial charge in [-0.25, -0.2) is 5.06 Å². The molecule has 0 aliphatic carbocycles. The largest absolute Gasteiger partial charge is 0.275 e. The average molecular weight is 171 g/mol. The number of carbonyl (C=O) groups excluding carboxylic acids is 1. The van der Waals surface area contributed by atoms with Gasteiger partial charge in [0.05, 0.1) is 7.11 Å². The third-order valence-electron chi connectivity index (χ3n) is 1.72. The van der Waals surface area contributed by atoms with E-state index in [4.69, 9.17) is 4.84 Å². The molecule has 3 heteroatoms. The summed E-state index contributed by atoms with van der Waals surface area (Å²) >= 11 is 0. The molecular weight excluding hydrogens is 154 g/mol. The van der Waals surface area contributed by atoms with Crippen LogP contribution in [-0.4, -0.2) is 25.1 Å². The Kier molecular flexibility index (Phi) is 5.37. The molecule has 0 bridgehead atoms. The molecule has 0 aromatic rings. The van der Waals surface area contributed by atoms with Gasteiger partial charge < -0.3 is 0 Å². The number of hydrogen-bond donors (Lipinski definition) is 0. The quantitative estimate of drug-likeness (QED) is 0.464. The average Bonchev–Trinajstić information content (AvgIpc) is 2.03. The van der Waals surface area contributed by atoms with E-state index in [1.54, 1.807) is 7.05 Å². The molecule has 1 amide bonds. The van der Waals surface area contributed by atoms with Crippen LogP contribution in [0.5, 0.6) is 0 Å². The van der Waals surface area contributed by atoms with Gasteiger partial charge in [0.25, 0.3) is 0 Å². The molecule has 0 aromatic heterocycles. The predicted octanol–water partition coefficient (Wildman–Crippen LogP) is 1.61. The van der Waals surface area contributed by atoms with Gasteiger partial charge in [-0.05, 0) is 12.3 Å². The molecule has 70 valence electrons. The van der Waals surface area contributed by atoms with Crippen LogP contribution in [0.2, 0.25) is 0 Å². The minimum absolute atomic E-state index is 0.00634. The summed E-state index contributed by atoms with van der Waals surface area (Å²) in [4.78, 5) is 16.0. The van der Waals surface area contributed by atoms with Gasteiger partial charge in [-0.2, -0.15) is 0 Å². The van der Waals surface area contributed by atoms with E-state index in [9.17, 15) is 4.79 Å². The standard InChI is InChI=1S/C9H17NO2/c1-5-6-8(2)7-9(11)10(3)12-4/h5,8H,1,6-7H2,2-4H3/t8-/m0/s1. The van der Waals surface area contributed by atoms with Crippen molar-refractivity contribution in [3.05, 3.63) is 12.7 Å². The number of amides is 1. The van der Waals surface area contributed by atoms with Gasteiger partial charge in [-0.1, -0.05) is 13.0 Å². The van der Waals surface area contributed by atoms with Gasteiger partial charge in [-0.15, -0.1) is 6.58 Å². The molecule has 0 aliphatic rings. The van der Waals surface area contributed by atoms with E-state index in [0.29, 0.717) is 12.3 Å². The highest BCUT2D eigenvalue weighted by Crippen LogP contribution is 2.09. The van der Waals surface area contributed by atoms with Gasteiger partial charge in [0.1, 0.15) is 0 Å². The van der Waals surface area contributed by atoms with Crippen molar-refractivity contribution in [3.8, 4) is 0 Å². The summed E-state index contributed by atoms with van der Waals surface area (Å²) in [5, 5.41) is 1.25. The molecule has 0 radical (unpaired) electrons. The van der Waals surface area contributed by atoms with Crippen LogP contribution < -0.4 is 0 Å². The zero-order valence-corrected chi connectivity index (χ0v) is 8.04. The molecule has 0 unspecified atom stereocenters. The highest BCUT2D eigenvalue weighted by atomic mass is 16.7. The second-order valence-corrected chi connectivity index (χ2v) is 2.91. The van der Waals surface area contributed by atoms with E-state index < -0.39 is 0 Å². The van der Waals surface area contributed by atoms with Crippen LogP contribution in [0.4, 0.5) is 0 Å². The fourth-order valence-electron chi connectivity index (χ4n) is 0.896. The Labute approximate surface area is 74.0 Å². The molecule has 0 aliphatic heterocycles. The molecule has 0 spiro atoms. The Balaban J connectivity index is 3.75. The van der Waals surface area contributed by atoms with E-state index >= 15 is 0 Å². The lowest BCUT2D eigenvalue weighted by atomic mass is 10.0. The molecule has 0 rings (SSSR count). The zero-order chi connectivity index (χ0) is 9.56. The minimum Gasteiger partial charge on any atom is -0.275 e. The number of nitrogens with zero attached hydrogens (tertiary/aromatic N) is 1. The summed E-state index contributed by atoms with van der Waals surface area (Å²) in [5.41, 5.74) is 0. The topological polar surface area (TPSA) is 29.5 Å². The van der Waals surface area contributed by atoms with Crippen molar-refractivity contribution in [2.45, 2.75) is 19.8 Å². The second kappa shape index (κ2) is 5.77. The van der Waals surface area contributed by atoms with Crippen molar-refractivity contribution in [3.63, 3.8) is 0 Å². The first kappa shape index (κ1) is 11.2. The van der Waals surface area contributed by atoms with Crippen molar-refractivity contribution in [1.82, 2.24) is 5.06 Å².